The molecule has 1 atom stereocenters. The van der Waals surface area contributed by atoms with Crippen LogP contribution < -0.4 is 5.32 Å². The Kier molecular flexibility index (Phi) is 7.47. The van der Waals surface area contributed by atoms with Crippen LogP contribution in [0.4, 0.5) is 10.1 Å². The first-order chi connectivity index (χ1) is 17.0. The zero-order valence-electron chi connectivity index (χ0n) is 19.5. The molecule has 0 aliphatic rings. The zero-order chi connectivity index (χ0) is 24.8. The maximum absolute atomic E-state index is 13.6. The number of halogens is 1. The Morgan fingerprint density at radius 3 is 2.49 bits per heavy atom. The standard InChI is InChI=1S/C26H26FN5O3/c1-18-7-9-19(10-8-18)25(26(34)28-21-13-11-20(27)12-14-21)31(15-16-35-2)24(33)17-32-23-6-4-3-5-22(23)29-30-32/h3-14,25H,15-17H2,1-2H3,(H,28,34)/t25-/m0/s1. The van der Waals surface area contributed by atoms with Crippen molar-refractivity contribution in [2.45, 2.75) is 19.5 Å². The van der Waals surface area contributed by atoms with Crippen LogP contribution >= 0.6 is 0 Å². The number of hydrogen-bond acceptors (Lipinski definition) is 5. The molecule has 3 aromatic carbocycles. The summed E-state index contributed by atoms with van der Waals surface area (Å²) >= 11 is 0. The van der Waals surface area contributed by atoms with Gasteiger partial charge in [-0.3, -0.25) is 9.59 Å². The van der Waals surface area contributed by atoms with E-state index in [0.717, 1.165) is 11.1 Å². The molecule has 0 spiro atoms. The second-order valence-corrected chi connectivity index (χ2v) is 8.13. The van der Waals surface area contributed by atoms with Gasteiger partial charge < -0.3 is 15.0 Å². The molecule has 180 valence electrons. The van der Waals surface area contributed by atoms with E-state index in [-0.39, 0.29) is 25.6 Å². The number of methoxy groups -OCH3 is 1. The summed E-state index contributed by atoms with van der Waals surface area (Å²) in [5, 5.41) is 11.0. The van der Waals surface area contributed by atoms with Gasteiger partial charge in [0.25, 0.3) is 5.91 Å². The lowest BCUT2D eigenvalue weighted by atomic mass is 10.0. The third-order valence-electron chi connectivity index (χ3n) is 5.63. The Morgan fingerprint density at radius 1 is 1.06 bits per heavy atom. The largest absolute Gasteiger partial charge is 0.383 e. The second kappa shape index (κ2) is 10.9. The lowest BCUT2D eigenvalue weighted by Crippen LogP contribution is -2.44. The molecular formula is C26H26FN5O3. The van der Waals surface area contributed by atoms with Crippen molar-refractivity contribution in [3.63, 3.8) is 0 Å². The molecular weight excluding hydrogens is 449 g/mol. The first-order valence-corrected chi connectivity index (χ1v) is 11.2. The number of fused-ring (bicyclic) bond motifs is 1. The highest BCUT2D eigenvalue weighted by atomic mass is 19.1. The van der Waals surface area contributed by atoms with Crippen molar-refractivity contribution in [1.29, 1.82) is 0 Å². The van der Waals surface area contributed by atoms with Gasteiger partial charge in [0.05, 0.1) is 12.1 Å². The predicted molar refractivity (Wildman–Crippen MR) is 130 cm³/mol. The van der Waals surface area contributed by atoms with Gasteiger partial charge in [-0.25, -0.2) is 9.07 Å². The van der Waals surface area contributed by atoms with Crippen LogP contribution in [0.15, 0.2) is 72.8 Å². The average Bonchev–Trinajstić information content (AvgIpc) is 3.26. The lowest BCUT2D eigenvalue weighted by molar-refractivity contribution is -0.140. The van der Waals surface area contributed by atoms with E-state index >= 15 is 0 Å². The maximum atomic E-state index is 13.6. The summed E-state index contributed by atoms with van der Waals surface area (Å²) in [6.07, 6.45) is 0. The highest BCUT2D eigenvalue weighted by Crippen LogP contribution is 2.25. The molecule has 1 N–H and O–H groups in total. The van der Waals surface area contributed by atoms with Crippen molar-refractivity contribution < 1.29 is 18.7 Å². The molecule has 4 rings (SSSR count). The monoisotopic (exact) mass is 475 g/mol. The highest BCUT2D eigenvalue weighted by Gasteiger charge is 2.32. The molecule has 0 bridgehead atoms. The van der Waals surface area contributed by atoms with Crippen LogP contribution in [0.3, 0.4) is 0 Å². The van der Waals surface area contributed by atoms with Gasteiger partial charge in [0.15, 0.2) is 0 Å². The number of amides is 2. The normalized spacial score (nSPS) is 11.9. The van der Waals surface area contributed by atoms with Crippen LogP contribution in [0.25, 0.3) is 11.0 Å². The number of rotatable bonds is 9. The first kappa shape index (κ1) is 24.0. The van der Waals surface area contributed by atoms with E-state index in [1.54, 1.807) is 0 Å². The zero-order valence-corrected chi connectivity index (χ0v) is 19.5. The number of aromatic nitrogens is 3. The molecule has 0 saturated carbocycles. The summed E-state index contributed by atoms with van der Waals surface area (Å²) in [6, 6.07) is 19.3. The molecule has 9 heteroatoms. The third-order valence-corrected chi connectivity index (χ3v) is 5.63. The fourth-order valence-electron chi connectivity index (χ4n) is 3.81. The fraction of sp³-hybridized carbons (Fsp3) is 0.231. The quantitative estimate of drug-likeness (QED) is 0.398. The number of carbonyl (C=O) groups is 2. The number of ether oxygens (including phenoxy) is 1. The summed E-state index contributed by atoms with van der Waals surface area (Å²) in [4.78, 5) is 28.6. The van der Waals surface area contributed by atoms with E-state index in [1.165, 1.54) is 41.0 Å². The molecule has 1 aromatic heterocycles. The van der Waals surface area contributed by atoms with Crippen molar-refractivity contribution in [3.05, 3.63) is 89.7 Å². The number of nitrogens with zero attached hydrogens (tertiary/aromatic N) is 4. The number of para-hydroxylation sites is 1. The van der Waals surface area contributed by atoms with Crippen LogP contribution in [0.5, 0.6) is 0 Å². The first-order valence-electron chi connectivity index (χ1n) is 11.2. The summed E-state index contributed by atoms with van der Waals surface area (Å²) in [7, 11) is 1.53. The number of benzene rings is 3. The fourth-order valence-corrected chi connectivity index (χ4v) is 3.81. The molecule has 8 nitrogen and oxygen atoms in total. The molecule has 2 amide bonds. The van der Waals surface area contributed by atoms with Gasteiger partial charge >= 0.3 is 0 Å². The predicted octanol–water partition coefficient (Wildman–Crippen LogP) is 3.73. The highest BCUT2D eigenvalue weighted by molar-refractivity contribution is 5.98. The van der Waals surface area contributed by atoms with Crippen LogP contribution in [0.2, 0.25) is 0 Å². The topological polar surface area (TPSA) is 89.3 Å². The van der Waals surface area contributed by atoms with Crippen LogP contribution in [0, 0.1) is 12.7 Å². The number of nitrogens with one attached hydrogen (secondary N) is 1. The molecule has 0 fully saturated rings. The van der Waals surface area contributed by atoms with Gasteiger partial charge in [0.2, 0.25) is 5.91 Å². The van der Waals surface area contributed by atoms with E-state index < -0.39 is 17.8 Å². The summed E-state index contributed by atoms with van der Waals surface area (Å²) in [6.45, 7) is 2.25. The van der Waals surface area contributed by atoms with Crippen molar-refractivity contribution in [2.24, 2.45) is 0 Å². The molecule has 35 heavy (non-hydrogen) atoms. The minimum Gasteiger partial charge on any atom is -0.383 e. The Hall–Kier alpha value is -4.11. The van der Waals surface area contributed by atoms with Crippen molar-refractivity contribution in [3.8, 4) is 0 Å². The van der Waals surface area contributed by atoms with E-state index in [0.29, 0.717) is 16.8 Å². The number of hydrogen-bond donors (Lipinski definition) is 1. The van der Waals surface area contributed by atoms with E-state index in [2.05, 4.69) is 15.6 Å². The number of carbonyl (C=O) groups excluding carboxylic acids is 2. The molecule has 0 aliphatic heterocycles. The summed E-state index contributed by atoms with van der Waals surface area (Å²) < 4.78 is 20.1. The van der Waals surface area contributed by atoms with Crippen molar-refractivity contribution >= 4 is 28.5 Å². The molecule has 4 aromatic rings. The number of anilines is 1. The van der Waals surface area contributed by atoms with Gasteiger partial charge in [-0.1, -0.05) is 47.2 Å². The molecule has 1 heterocycles. The van der Waals surface area contributed by atoms with E-state index in [9.17, 15) is 14.0 Å². The van der Waals surface area contributed by atoms with Gasteiger partial charge in [0.1, 0.15) is 23.9 Å². The van der Waals surface area contributed by atoms with Crippen LogP contribution in [0.1, 0.15) is 17.2 Å². The smallest absolute Gasteiger partial charge is 0.251 e. The molecule has 0 saturated heterocycles. The van der Waals surface area contributed by atoms with E-state index in [4.69, 9.17) is 4.74 Å². The van der Waals surface area contributed by atoms with E-state index in [1.807, 2.05) is 55.5 Å². The summed E-state index contributed by atoms with van der Waals surface area (Å²) in [5.41, 5.74) is 3.48. The van der Waals surface area contributed by atoms with Crippen LogP contribution in [-0.2, 0) is 20.9 Å². The van der Waals surface area contributed by atoms with Gasteiger partial charge in [0, 0.05) is 19.3 Å². The van der Waals surface area contributed by atoms with Gasteiger partial charge in [-0.05, 0) is 48.9 Å². The minimum atomic E-state index is -0.946. The van der Waals surface area contributed by atoms with Gasteiger partial charge in [-0.15, -0.1) is 5.10 Å². The molecule has 0 aliphatic carbocycles. The summed E-state index contributed by atoms with van der Waals surface area (Å²) in [5.74, 6) is -1.15. The molecule has 0 radical (unpaired) electrons. The van der Waals surface area contributed by atoms with Crippen LogP contribution in [-0.4, -0.2) is 52.0 Å². The van der Waals surface area contributed by atoms with Crippen molar-refractivity contribution in [1.82, 2.24) is 19.9 Å². The minimum absolute atomic E-state index is 0.101. The van der Waals surface area contributed by atoms with Crippen molar-refractivity contribution in [2.75, 3.05) is 25.6 Å². The molecule has 0 unspecified atom stereocenters. The second-order valence-electron chi connectivity index (χ2n) is 8.13. The lowest BCUT2D eigenvalue weighted by Gasteiger charge is -2.31. The Bertz CT molecular complexity index is 1300. The third kappa shape index (κ3) is 5.70. The Morgan fingerprint density at radius 2 is 1.77 bits per heavy atom. The SMILES string of the molecule is COCCN(C(=O)Cn1nnc2ccccc21)[C@H](C(=O)Nc1ccc(F)cc1)c1ccc(C)cc1. The average molecular weight is 476 g/mol. The Labute approximate surface area is 202 Å². The van der Waals surface area contributed by atoms with Gasteiger partial charge in [-0.2, -0.15) is 0 Å². The number of aryl methyl sites for hydroxylation is 1. The Balaban J connectivity index is 1.68. The maximum Gasteiger partial charge on any atom is 0.251 e.